The van der Waals surface area contributed by atoms with Crippen LogP contribution in [0.25, 0.3) is 0 Å². The van der Waals surface area contributed by atoms with E-state index in [1.807, 2.05) is 0 Å². The number of carbonyl (C=O) groups is 1. The van der Waals surface area contributed by atoms with E-state index in [1.54, 1.807) is 0 Å². The molecule has 0 saturated heterocycles. The average Bonchev–Trinajstić information content (AvgIpc) is 2.45. The molecule has 0 saturated carbocycles. The van der Waals surface area contributed by atoms with Crippen molar-refractivity contribution in [3.63, 3.8) is 0 Å². The third-order valence-electron chi connectivity index (χ3n) is 3.17. The van der Waals surface area contributed by atoms with Gasteiger partial charge in [0.15, 0.2) is 5.96 Å². The maximum atomic E-state index is 11.2. The molecular formula is C12H22N4O7. The summed E-state index contributed by atoms with van der Waals surface area (Å²) in [6.45, 7) is 0.608. The van der Waals surface area contributed by atoms with Crippen LogP contribution in [0.4, 0.5) is 0 Å². The molecule has 132 valence electrons. The quantitative estimate of drug-likeness (QED) is 0.129. The average molecular weight is 334 g/mol. The van der Waals surface area contributed by atoms with E-state index in [0.29, 0.717) is 0 Å². The highest BCUT2D eigenvalue weighted by atomic mass is 16.5. The van der Waals surface area contributed by atoms with Gasteiger partial charge < -0.3 is 41.7 Å². The van der Waals surface area contributed by atoms with Crippen LogP contribution >= 0.6 is 0 Å². The van der Waals surface area contributed by atoms with Crippen molar-refractivity contribution in [1.82, 2.24) is 5.32 Å². The lowest BCUT2D eigenvalue weighted by molar-refractivity contribution is -0.145. The van der Waals surface area contributed by atoms with E-state index in [9.17, 15) is 20.1 Å². The Balaban J connectivity index is 3.25. The number of carboxylic acids is 1. The smallest absolute Gasteiger partial charge is 0.370 e. The minimum absolute atomic E-state index is 0.341. The number of guanidine groups is 1. The summed E-state index contributed by atoms with van der Waals surface area (Å²) in [5.41, 5.74) is 10.6. The summed E-state index contributed by atoms with van der Waals surface area (Å²) in [5, 5.41) is 49.9. The monoisotopic (exact) mass is 334 g/mol. The van der Waals surface area contributed by atoms with Crippen LogP contribution in [0.2, 0.25) is 0 Å². The van der Waals surface area contributed by atoms with Gasteiger partial charge in [0.1, 0.15) is 24.5 Å². The van der Waals surface area contributed by atoms with Gasteiger partial charge in [0.2, 0.25) is 5.76 Å². The van der Waals surface area contributed by atoms with Crippen LogP contribution in [0.5, 0.6) is 0 Å². The Kier molecular flexibility index (Phi) is 6.72. The molecule has 0 amide bonds. The number of hydrogen-bond acceptors (Lipinski definition) is 8. The first-order valence-corrected chi connectivity index (χ1v) is 6.79. The van der Waals surface area contributed by atoms with Gasteiger partial charge >= 0.3 is 5.97 Å². The molecule has 10 N–H and O–H groups in total. The number of aliphatic hydroxyl groups excluding tert-OH is 4. The number of carboxylic acid groups (broad SMARTS) is 1. The fourth-order valence-electron chi connectivity index (χ4n) is 2.20. The van der Waals surface area contributed by atoms with Gasteiger partial charge in [0.05, 0.1) is 18.7 Å². The van der Waals surface area contributed by atoms with Crippen LogP contribution in [0.15, 0.2) is 16.8 Å². The summed E-state index contributed by atoms with van der Waals surface area (Å²) in [4.78, 5) is 15.0. The fraction of sp³-hybridized carbons (Fsp3) is 0.667. The summed E-state index contributed by atoms with van der Waals surface area (Å²) in [6.07, 6.45) is -4.55. The van der Waals surface area contributed by atoms with E-state index in [4.69, 9.17) is 26.4 Å². The molecule has 0 radical (unpaired) electrons. The highest BCUT2D eigenvalue weighted by Gasteiger charge is 2.43. The Labute approximate surface area is 131 Å². The molecule has 11 nitrogen and oxygen atoms in total. The minimum atomic E-state index is -1.66. The SMILES string of the molecule is CC(O)N[C@H]1[C@H]([C@H](O)[C@H](O)CO)OC(C(=O)O)=C[C@@H]1N=C(N)N. The zero-order valence-corrected chi connectivity index (χ0v) is 12.4. The second kappa shape index (κ2) is 8.08. The standard InChI is InChI=1S/C12H22N4O7/c1-4(18)15-8-5(16-12(13)14)2-7(11(21)22)23-10(8)9(20)6(19)3-17/h2,4-6,8-10,15,17-20H,3H2,1H3,(H,21,22)(H4,13,14,16)/t4?,5-,6+,8+,9+,10+/m0/s1. The van der Waals surface area contributed by atoms with Crippen LogP contribution in [0.3, 0.4) is 0 Å². The summed E-state index contributed by atoms with van der Waals surface area (Å²) in [6, 6.07) is -1.95. The van der Waals surface area contributed by atoms with Gasteiger partial charge in [-0.3, -0.25) is 5.32 Å². The van der Waals surface area contributed by atoms with Crippen LogP contribution in [0.1, 0.15) is 6.92 Å². The molecule has 0 aromatic rings. The lowest BCUT2D eigenvalue weighted by atomic mass is 9.92. The van der Waals surface area contributed by atoms with Crippen molar-refractivity contribution in [3.05, 3.63) is 11.8 Å². The fourth-order valence-corrected chi connectivity index (χ4v) is 2.20. The topological polar surface area (TPSA) is 204 Å². The normalized spacial score (nSPS) is 28.0. The summed E-state index contributed by atoms with van der Waals surface area (Å²) in [7, 11) is 0. The predicted molar refractivity (Wildman–Crippen MR) is 77.9 cm³/mol. The van der Waals surface area contributed by atoms with E-state index in [2.05, 4.69) is 10.3 Å². The Bertz CT molecular complexity index is 478. The van der Waals surface area contributed by atoms with Gasteiger partial charge in [-0.1, -0.05) is 0 Å². The van der Waals surface area contributed by atoms with Gasteiger partial charge in [0.25, 0.3) is 0 Å². The number of aliphatic hydroxyl groups is 4. The second-order valence-corrected chi connectivity index (χ2v) is 5.07. The van der Waals surface area contributed by atoms with Crippen molar-refractivity contribution < 1.29 is 35.1 Å². The highest BCUT2D eigenvalue weighted by Crippen LogP contribution is 2.25. The molecule has 11 heteroatoms. The number of nitrogens with one attached hydrogen (secondary N) is 1. The molecule has 0 aromatic carbocycles. The van der Waals surface area contributed by atoms with Crippen molar-refractivity contribution in [3.8, 4) is 0 Å². The molecule has 0 bridgehead atoms. The van der Waals surface area contributed by atoms with Crippen LogP contribution in [-0.2, 0) is 9.53 Å². The van der Waals surface area contributed by atoms with E-state index < -0.39 is 55.0 Å². The summed E-state index contributed by atoms with van der Waals surface area (Å²) < 4.78 is 5.17. The first-order valence-electron chi connectivity index (χ1n) is 6.79. The molecular weight excluding hydrogens is 312 g/mol. The van der Waals surface area contributed by atoms with Crippen molar-refractivity contribution in [2.75, 3.05) is 6.61 Å². The van der Waals surface area contributed by atoms with E-state index in [0.717, 1.165) is 6.08 Å². The minimum Gasteiger partial charge on any atom is -0.479 e. The van der Waals surface area contributed by atoms with E-state index in [-0.39, 0.29) is 5.96 Å². The van der Waals surface area contributed by atoms with Crippen LogP contribution in [-0.4, -0.2) is 80.7 Å². The van der Waals surface area contributed by atoms with Crippen LogP contribution in [0, 0.1) is 0 Å². The number of aliphatic imine (C=N–C) groups is 1. The molecule has 23 heavy (non-hydrogen) atoms. The maximum Gasteiger partial charge on any atom is 0.370 e. The van der Waals surface area contributed by atoms with E-state index in [1.165, 1.54) is 6.92 Å². The summed E-state index contributed by atoms with van der Waals surface area (Å²) >= 11 is 0. The third kappa shape index (κ3) is 5.04. The Morgan fingerprint density at radius 2 is 2.04 bits per heavy atom. The number of nitrogens with zero attached hydrogens (tertiary/aromatic N) is 1. The molecule has 0 aliphatic carbocycles. The van der Waals surface area contributed by atoms with E-state index >= 15 is 0 Å². The number of aliphatic carboxylic acids is 1. The number of ether oxygens (including phenoxy) is 1. The Hall–Kier alpha value is -1.92. The predicted octanol–water partition coefficient (Wildman–Crippen LogP) is -3.99. The molecule has 1 rings (SSSR count). The zero-order valence-electron chi connectivity index (χ0n) is 12.4. The molecule has 0 spiro atoms. The zero-order chi connectivity index (χ0) is 17.7. The van der Waals surface area contributed by atoms with Gasteiger partial charge in [0, 0.05) is 0 Å². The molecule has 1 aliphatic heterocycles. The number of hydrogen-bond donors (Lipinski definition) is 8. The second-order valence-electron chi connectivity index (χ2n) is 5.07. The maximum absolute atomic E-state index is 11.2. The molecule has 0 aromatic heterocycles. The molecule has 1 aliphatic rings. The van der Waals surface area contributed by atoms with Crippen molar-refractivity contribution >= 4 is 11.9 Å². The molecule has 1 heterocycles. The number of nitrogens with two attached hydrogens (primary N) is 2. The van der Waals surface area contributed by atoms with Gasteiger partial charge in [-0.2, -0.15) is 0 Å². The van der Waals surface area contributed by atoms with Crippen molar-refractivity contribution in [1.29, 1.82) is 0 Å². The first kappa shape index (κ1) is 19.1. The molecule has 1 unspecified atom stereocenters. The van der Waals surface area contributed by atoms with Gasteiger partial charge in [-0.15, -0.1) is 0 Å². The van der Waals surface area contributed by atoms with Crippen molar-refractivity contribution in [2.45, 2.75) is 43.5 Å². The lowest BCUT2D eigenvalue weighted by Crippen LogP contribution is -2.60. The third-order valence-corrected chi connectivity index (χ3v) is 3.17. The van der Waals surface area contributed by atoms with Gasteiger partial charge in [-0.25, -0.2) is 9.79 Å². The summed E-state index contributed by atoms with van der Waals surface area (Å²) in [5.74, 6) is -2.30. The largest absolute Gasteiger partial charge is 0.479 e. The Morgan fingerprint density at radius 3 is 2.48 bits per heavy atom. The molecule has 6 atom stereocenters. The lowest BCUT2D eigenvalue weighted by Gasteiger charge is -2.39. The highest BCUT2D eigenvalue weighted by molar-refractivity contribution is 5.85. The first-order chi connectivity index (χ1) is 10.7. The van der Waals surface area contributed by atoms with Gasteiger partial charge in [-0.05, 0) is 13.0 Å². The van der Waals surface area contributed by atoms with Crippen molar-refractivity contribution in [2.24, 2.45) is 16.5 Å². The Morgan fingerprint density at radius 1 is 1.43 bits per heavy atom. The number of rotatable bonds is 7. The molecule has 0 fully saturated rings. The van der Waals surface area contributed by atoms with Crippen LogP contribution < -0.4 is 16.8 Å².